The van der Waals surface area contributed by atoms with E-state index >= 15 is 0 Å². The molecule has 0 aromatic heterocycles. The molecule has 4 N–H and O–H groups in total. The summed E-state index contributed by atoms with van der Waals surface area (Å²) in [7, 11) is 0. The maximum Gasteiger partial charge on any atom is 0.251 e. The summed E-state index contributed by atoms with van der Waals surface area (Å²) in [6, 6.07) is 4.74. The van der Waals surface area contributed by atoms with Gasteiger partial charge in [-0.15, -0.1) is 0 Å². The van der Waals surface area contributed by atoms with Gasteiger partial charge in [-0.25, -0.2) is 0 Å². The Hall–Kier alpha value is -0.890. The van der Waals surface area contributed by atoms with Crippen molar-refractivity contribution < 1.29 is 9.90 Å². The Balaban J connectivity index is 2.74. The predicted molar refractivity (Wildman–Crippen MR) is 83.8 cm³/mol. The molecular formula is C12H15IN2O2S. The van der Waals surface area contributed by atoms with Crippen molar-refractivity contribution in [2.24, 2.45) is 5.73 Å². The molecule has 18 heavy (non-hydrogen) atoms. The molecule has 0 heterocycles. The Morgan fingerprint density at radius 2 is 2.28 bits per heavy atom. The smallest absolute Gasteiger partial charge is 0.251 e. The van der Waals surface area contributed by atoms with Crippen LogP contribution in [-0.2, 0) is 0 Å². The monoisotopic (exact) mass is 378 g/mol. The lowest BCUT2D eigenvalue weighted by Crippen LogP contribution is -2.37. The van der Waals surface area contributed by atoms with Crippen LogP contribution in [0.2, 0.25) is 0 Å². The first-order chi connectivity index (χ1) is 8.43. The molecule has 0 bridgehead atoms. The van der Waals surface area contributed by atoms with Gasteiger partial charge >= 0.3 is 0 Å². The summed E-state index contributed by atoms with van der Waals surface area (Å²) in [6.07, 6.45) is 1.23. The average molecular weight is 378 g/mol. The zero-order chi connectivity index (χ0) is 13.7. The number of phenols is 1. The van der Waals surface area contributed by atoms with Crippen LogP contribution in [0.3, 0.4) is 0 Å². The average Bonchev–Trinajstić information content (AvgIpc) is 2.31. The fourth-order valence-electron chi connectivity index (χ4n) is 1.46. The molecule has 1 rings (SSSR count). The van der Waals surface area contributed by atoms with Gasteiger partial charge in [0.1, 0.15) is 5.75 Å². The number of phenolic OH excluding ortho intramolecular Hbond substituents is 1. The molecular weight excluding hydrogens is 363 g/mol. The lowest BCUT2D eigenvalue weighted by molar-refractivity contribution is 0.0937. The molecule has 0 fully saturated rings. The third kappa shape index (κ3) is 4.41. The van der Waals surface area contributed by atoms with Crippen LogP contribution in [0.5, 0.6) is 5.75 Å². The number of carbonyl (C=O) groups excluding carboxylic acids is 1. The van der Waals surface area contributed by atoms with Crippen LogP contribution < -0.4 is 11.1 Å². The van der Waals surface area contributed by atoms with Gasteiger partial charge in [0, 0.05) is 18.0 Å². The van der Waals surface area contributed by atoms with Gasteiger partial charge in [-0.2, -0.15) is 0 Å². The summed E-state index contributed by atoms with van der Waals surface area (Å²) >= 11 is 6.83. The van der Waals surface area contributed by atoms with Crippen LogP contribution in [0, 0.1) is 3.57 Å². The fourth-order valence-corrected chi connectivity index (χ4v) is 2.00. The number of rotatable bonds is 5. The van der Waals surface area contributed by atoms with Crippen molar-refractivity contribution in [3.63, 3.8) is 0 Å². The summed E-state index contributed by atoms with van der Waals surface area (Å²) in [5, 5.41) is 12.4. The van der Waals surface area contributed by atoms with Crippen molar-refractivity contribution in [1.82, 2.24) is 5.32 Å². The fraction of sp³-hybridized carbons (Fsp3) is 0.333. The number of benzene rings is 1. The van der Waals surface area contributed by atoms with E-state index in [1.807, 2.05) is 29.5 Å². The number of thiocarbonyl (C=S) groups is 1. The van der Waals surface area contributed by atoms with Crippen LogP contribution in [0.15, 0.2) is 18.2 Å². The van der Waals surface area contributed by atoms with E-state index in [0.29, 0.717) is 20.5 Å². The highest BCUT2D eigenvalue weighted by Crippen LogP contribution is 2.20. The molecule has 98 valence electrons. The highest BCUT2D eigenvalue weighted by atomic mass is 127. The molecule has 0 aliphatic carbocycles. The first kappa shape index (κ1) is 15.2. The van der Waals surface area contributed by atoms with E-state index < -0.39 is 0 Å². The van der Waals surface area contributed by atoms with Crippen molar-refractivity contribution >= 4 is 45.7 Å². The second-order valence-electron chi connectivity index (χ2n) is 3.92. The minimum absolute atomic E-state index is 0.0728. The number of amides is 1. The van der Waals surface area contributed by atoms with Crippen molar-refractivity contribution in [3.05, 3.63) is 27.3 Å². The van der Waals surface area contributed by atoms with Gasteiger partial charge < -0.3 is 16.2 Å². The normalized spacial score (nSPS) is 11.9. The van der Waals surface area contributed by atoms with E-state index in [1.54, 1.807) is 12.1 Å². The Bertz CT molecular complexity index is 465. The zero-order valence-corrected chi connectivity index (χ0v) is 12.9. The molecule has 0 radical (unpaired) electrons. The van der Waals surface area contributed by atoms with E-state index in [1.165, 1.54) is 6.07 Å². The summed E-state index contributed by atoms with van der Waals surface area (Å²) in [6.45, 7) is 1.95. The summed E-state index contributed by atoms with van der Waals surface area (Å²) in [5.41, 5.74) is 5.89. The largest absolute Gasteiger partial charge is 0.507 e. The second-order valence-corrected chi connectivity index (χ2v) is 5.60. The summed E-state index contributed by atoms with van der Waals surface area (Å²) in [5.74, 6) is -0.129. The van der Waals surface area contributed by atoms with Gasteiger partial charge in [0.05, 0.1) is 8.56 Å². The van der Waals surface area contributed by atoms with Crippen molar-refractivity contribution in [3.8, 4) is 5.75 Å². The van der Waals surface area contributed by atoms with Crippen LogP contribution >= 0.6 is 34.8 Å². The van der Waals surface area contributed by atoms with Crippen molar-refractivity contribution in [1.29, 1.82) is 0 Å². The Morgan fingerprint density at radius 1 is 1.61 bits per heavy atom. The van der Waals surface area contributed by atoms with Crippen molar-refractivity contribution in [2.45, 2.75) is 25.8 Å². The topological polar surface area (TPSA) is 75.3 Å². The number of hydrogen-bond acceptors (Lipinski definition) is 3. The van der Waals surface area contributed by atoms with Gasteiger partial charge in [0.15, 0.2) is 0 Å². The van der Waals surface area contributed by atoms with Gasteiger partial charge in [-0.05, 0) is 47.2 Å². The van der Waals surface area contributed by atoms with Crippen molar-refractivity contribution in [2.75, 3.05) is 0 Å². The van der Waals surface area contributed by atoms with Crippen LogP contribution in [-0.4, -0.2) is 22.0 Å². The number of nitrogens with two attached hydrogens (primary N) is 1. The molecule has 0 aliphatic heterocycles. The maximum absolute atomic E-state index is 12.0. The standard InChI is InChI=1S/C12H15IN2O2S/c1-2-8(6-11(14)18)15-12(17)7-3-4-9(13)10(16)5-7/h3-5,8,16H,2,6H2,1H3,(H2,14,18)(H,15,17). The maximum atomic E-state index is 12.0. The molecule has 1 atom stereocenters. The highest BCUT2D eigenvalue weighted by Gasteiger charge is 2.14. The first-order valence-electron chi connectivity index (χ1n) is 5.51. The quantitative estimate of drug-likeness (QED) is 0.543. The van der Waals surface area contributed by atoms with E-state index in [4.69, 9.17) is 18.0 Å². The molecule has 0 spiro atoms. The Labute approximate surface area is 125 Å². The van der Waals surface area contributed by atoms with E-state index in [-0.39, 0.29) is 17.7 Å². The molecule has 1 aromatic rings. The number of carbonyl (C=O) groups is 1. The molecule has 1 aromatic carbocycles. The number of halogens is 1. The van der Waals surface area contributed by atoms with E-state index in [2.05, 4.69) is 5.32 Å². The third-order valence-corrected chi connectivity index (χ3v) is 3.56. The van der Waals surface area contributed by atoms with Gasteiger partial charge in [0.25, 0.3) is 5.91 Å². The third-order valence-electron chi connectivity index (χ3n) is 2.48. The number of hydrogen-bond donors (Lipinski definition) is 3. The molecule has 0 saturated heterocycles. The first-order valence-corrected chi connectivity index (χ1v) is 7.00. The Morgan fingerprint density at radius 3 is 2.78 bits per heavy atom. The minimum Gasteiger partial charge on any atom is -0.507 e. The number of nitrogens with one attached hydrogen (secondary N) is 1. The van der Waals surface area contributed by atoms with E-state index in [9.17, 15) is 9.90 Å². The SMILES string of the molecule is CCC(CC(N)=S)NC(=O)c1ccc(I)c(O)c1. The molecule has 0 aliphatic rings. The lowest BCUT2D eigenvalue weighted by Gasteiger charge is -2.16. The molecule has 1 unspecified atom stereocenters. The predicted octanol–water partition coefficient (Wildman–Crippen LogP) is 2.18. The molecule has 0 saturated carbocycles. The van der Waals surface area contributed by atoms with Crippen LogP contribution in [0.1, 0.15) is 30.1 Å². The lowest BCUT2D eigenvalue weighted by atomic mass is 10.1. The summed E-state index contributed by atoms with van der Waals surface area (Å²) in [4.78, 5) is 12.3. The zero-order valence-electron chi connectivity index (χ0n) is 9.94. The molecule has 6 heteroatoms. The second kappa shape index (κ2) is 6.89. The van der Waals surface area contributed by atoms with Gasteiger partial charge in [0.2, 0.25) is 0 Å². The molecule has 1 amide bonds. The summed E-state index contributed by atoms with van der Waals surface area (Å²) < 4.78 is 0.708. The highest BCUT2D eigenvalue weighted by molar-refractivity contribution is 14.1. The Kier molecular flexibility index (Phi) is 5.80. The molecule has 4 nitrogen and oxygen atoms in total. The van der Waals surface area contributed by atoms with Crippen LogP contribution in [0.25, 0.3) is 0 Å². The van der Waals surface area contributed by atoms with Gasteiger partial charge in [-0.3, -0.25) is 4.79 Å². The van der Waals surface area contributed by atoms with E-state index in [0.717, 1.165) is 6.42 Å². The minimum atomic E-state index is -0.232. The van der Waals surface area contributed by atoms with Gasteiger partial charge in [-0.1, -0.05) is 19.1 Å². The van der Waals surface area contributed by atoms with Crippen LogP contribution in [0.4, 0.5) is 0 Å². The number of aromatic hydroxyl groups is 1.